The van der Waals surface area contributed by atoms with Gasteiger partial charge in [0.1, 0.15) is 5.82 Å². The summed E-state index contributed by atoms with van der Waals surface area (Å²) in [7, 11) is 0. The van der Waals surface area contributed by atoms with Crippen LogP contribution >= 0.6 is 0 Å². The molecule has 5 nitrogen and oxygen atoms in total. The normalized spacial score (nSPS) is 12.9. The van der Waals surface area contributed by atoms with Gasteiger partial charge in [-0.25, -0.2) is 18.4 Å². The maximum absolute atomic E-state index is 13.6. The van der Waals surface area contributed by atoms with Crippen molar-refractivity contribution in [1.29, 1.82) is 0 Å². The lowest BCUT2D eigenvalue weighted by atomic mass is 10.2. The lowest BCUT2D eigenvalue weighted by Gasteiger charge is -2.06. The average molecular weight is 354 g/mol. The van der Waals surface area contributed by atoms with Crippen molar-refractivity contribution in [1.82, 2.24) is 14.8 Å². The molecule has 0 spiro atoms. The van der Waals surface area contributed by atoms with E-state index >= 15 is 0 Å². The van der Waals surface area contributed by atoms with Crippen LogP contribution in [-0.4, -0.2) is 20.7 Å². The predicted octanol–water partition coefficient (Wildman–Crippen LogP) is 3.59. The molecule has 7 heteroatoms. The van der Waals surface area contributed by atoms with Crippen LogP contribution in [0.5, 0.6) is 0 Å². The zero-order valence-corrected chi connectivity index (χ0v) is 14.1. The van der Waals surface area contributed by atoms with Gasteiger partial charge in [-0.15, -0.1) is 0 Å². The number of pyridine rings is 1. The highest BCUT2D eigenvalue weighted by atomic mass is 19.2. The van der Waals surface area contributed by atoms with Gasteiger partial charge in [-0.3, -0.25) is 4.79 Å². The number of anilines is 1. The summed E-state index contributed by atoms with van der Waals surface area (Å²) in [5.74, 6) is -1.77. The third kappa shape index (κ3) is 2.85. The molecule has 0 saturated heterocycles. The van der Waals surface area contributed by atoms with Crippen LogP contribution in [0.1, 0.15) is 33.7 Å². The number of hydrogen-bond acceptors (Lipinski definition) is 3. The van der Waals surface area contributed by atoms with E-state index in [1.807, 2.05) is 13.0 Å². The summed E-state index contributed by atoms with van der Waals surface area (Å²) >= 11 is 0. The molecule has 4 rings (SSSR count). The van der Waals surface area contributed by atoms with Crippen molar-refractivity contribution >= 4 is 11.7 Å². The van der Waals surface area contributed by atoms with E-state index in [0.29, 0.717) is 17.2 Å². The molecule has 1 aromatic carbocycles. The van der Waals surface area contributed by atoms with E-state index in [1.165, 1.54) is 10.7 Å². The molecule has 2 heterocycles. The Morgan fingerprint density at radius 3 is 2.77 bits per heavy atom. The van der Waals surface area contributed by atoms with E-state index in [9.17, 15) is 13.6 Å². The van der Waals surface area contributed by atoms with Gasteiger partial charge in [0.05, 0.1) is 5.69 Å². The molecular formula is C19H16F2N4O. The fraction of sp³-hybridized carbons (Fsp3) is 0.211. The zero-order chi connectivity index (χ0) is 18.3. The van der Waals surface area contributed by atoms with Crippen molar-refractivity contribution in [3.63, 3.8) is 0 Å². The third-order valence-electron chi connectivity index (χ3n) is 4.45. The fourth-order valence-electron chi connectivity index (χ4n) is 3.23. The monoisotopic (exact) mass is 354 g/mol. The van der Waals surface area contributed by atoms with Gasteiger partial charge < -0.3 is 5.32 Å². The summed E-state index contributed by atoms with van der Waals surface area (Å²) < 4.78 is 28.4. The first-order valence-electron chi connectivity index (χ1n) is 8.33. The van der Waals surface area contributed by atoms with Crippen molar-refractivity contribution in [2.75, 3.05) is 5.32 Å². The van der Waals surface area contributed by atoms with Crippen LogP contribution < -0.4 is 5.32 Å². The van der Waals surface area contributed by atoms with E-state index in [2.05, 4.69) is 15.4 Å². The topological polar surface area (TPSA) is 59.8 Å². The minimum Gasteiger partial charge on any atom is -0.305 e. The first-order chi connectivity index (χ1) is 12.5. The molecule has 0 radical (unpaired) electrons. The minimum atomic E-state index is -0.945. The lowest BCUT2D eigenvalue weighted by molar-refractivity contribution is 0.102. The Morgan fingerprint density at radius 1 is 1.15 bits per heavy atom. The van der Waals surface area contributed by atoms with Gasteiger partial charge in [0.2, 0.25) is 0 Å². The molecule has 3 aromatic rings. The van der Waals surface area contributed by atoms with Crippen molar-refractivity contribution in [3.8, 4) is 5.69 Å². The Kier molecular flexibility index (Phi) is 3.99. The molecule has 1 N–H and O–H groups in total. The molecular weight excluding hydrogens is 338 g/mol. The largest absolute Gasteiger partial charge is 0.305 e. The Bertz CT molecular complexity index is 1010. The highest BCUT2D eigenvalue weighted by Gasteiger charge is 2.27. The summed E-state index contributed by atoms with van der Waals surface area (Å²) in [6.45, 7) is 1.91. The Labute approximate surface area is 148 Å². The van der Waals surface area contributed by atoms with Gasteiger partial charge in [-0.2, -0.15) is 5.10 Å². The smallest absolute Gasteiger partial charge is 0.277 e. The van der Waals surface area contributed by atoms with E-state index in [0.717, 1.165) is 48.2 Å². The Morgan fingerprint density at radius 2 is 2.00 bits per heavy atom. The van der Waals surface area contributed by atoms with E-state index in [4.69, 9.17) is 0 Å². The number of nitrogens with one attached hydrogen (secondary N) is 1. The standard InChI is InChI=1S/C19H16F2N4O/c1-11-7-8-22-17(9-11)23-19(26)18-13-3-2-4-16(13)25(24-18)12-5-6-14(20)15(21)10-12/h5-10H,2-4H2,1H3,(H,22,23,26). The van der Waals surface area contributed by atoms with Gasteiger partial charge in [0.15, 0.2) is 17.3 Å². The minimum absolute atomic E-state index is 0.297. The van der Waals surface area contributed by atoms with Crippen LogP contribution in [0.2, 0.25) is 0 Å². The molecule has 0 unspecified atom stereocenters. The quantitative estimate of drug-likeness (QED) is 0.782. The number of hydrogen-bond donors (Lipinski definition) is 1. The summed E-state index contributed by atoms with van der Waals surface area (Å²) in [4.78, 5) is 16.8. The summed E-state index contributed by atoms with van der Waals surface area (Å²) in [5.41, 5.74) is 3.38. The van der Waals surface area contributed by atoms with Crippen LogP contribution in [0.4, 0.5) is 14.6 Å². The predicted molar refractivity (Wildman–Crippen MR) is 92.4 cm³/mol. The number of benzene rings is 1. The van der Waals surface area contributed by atoms with Crippen molar-refractivity contribution < 1.29 is 13.6 Å². The summed E-state index contributed by atoms with van der Waals surface area (Å²) in [5, 5.41) is 7.13. The molecule has 1 aliphatic carbocycles. The van der Waals surface area contributed by atoms with Crippen LogP contribution in [0.15, 0.2) is 36.5 Å². The number of halogens is 2. The molecule has 0 bridgehead atoms. The Balaban J connectivity index is 1.71. The molecule has 1 amide bonds. The first-order valence-corrected chi connectivity index (χ1v) is 8.33. The number of aromatic nitrogens is 3. The summed E-state index contributed by atoms with van der Waals surface area (Å²) in [6.07, 6.45) is 3.97. The highest BCUT2D eigenvalue weighted by molar-refractivity contribution is 6.03. The van der Waals surface area contributed by atoms with Gasteiger partial charge in [0, 0.05) is 23.5 Å². The maximum Gasteiger partial charge on any atom is 0.277 e. The number of nitrogens with zero attached hydrogens (tertiary/aromatic N) is 3. The zero-order valence-electron chi connectivity index (χ0n) is 14.1. The number of aryl methyl sites for hydroxylation is 1. The van der Waals surface area contributed by atoms with E-state index in [1.54, 1.807) is 12.3 Å². The Hall–Kier alpha value is -3.09. The SMILES string of the molecule is Cc1ccnc(NC(=O)c2nn(-c3ccc(F)c(F)c3)c3c2CCC3)c1. The average Bonchev–Trinajstić information content (AvgIpc) is 3.20. The molecule has 132 valence electrons. The maximum atomic E-state index is 13.6. The molecule has 0 atom stereocenters. The fourth-order valence-corrected chi connectivity index (χ4v) is 3.23. The number of fused-ring (bicyclic) bond motifs is 1. The molecule has 0 aliphatic heterocycles. The number of rotatable bonds is 3. The van der Waals surface area contributed by atoms with Crippen molar-refractivity contribution in [2.24, 2.45) is 0 Å². The molecule has 0 saturated carbocycles. The van der Waals surface area contributed by atoms with Crippen LogP contribution in [0.3, 0.4) is 0 Å². The number of amides is 1. The second-order valence-corrected chi connectivity index (χ2v) is 6.31. The van der Waals surface area contributed by atoms with Crippen LogP contribution in [0, 0.1) is 18.6 Å². The molecule has 1 aliphatic rings. The van der Waals surface area contributed by atoms with Crippen molar-refractivity contribution in [3.05, 3.63) is 70.7 Å². The molecule has 0 fully saturated rings. The summed E-state index contributed by atoms with van der Waals surface area (Å²) in [6, 6.07) is 7.21. The molecule has 2 aromatic heterocycles. The van der Waals surface area contributed by atoms with Gasteiger partial charge >= 0.3 is 0 Å². The third-order valence-corrected chi connectivity index (χ3v) is 4.45. The first kappa shape index (κ1) is 16.4. The van der Waals surface area contributed by atoms with Gasteiger partial charge in [0.25, 0.3) is 5.91 Å². The number of carbonyl (C=O) groups is 1. The van der Waals surface area contributed by atoms with E-state index < -0.39 is 11.6 Å². The second kappa shape index (κ2) is 6.33. The van der Waals surface area contributed by atoms with Crippen molar-refractivity contribution in [2.45, 2.75) is 26.2 Å². The van der Waals surface area contributed by atoms with E-state index in [-0.39, 0.29) is 5.91 Å². The van der Waals surface area contributed by atoms with Gasteiger partial charge in [-0.05, 0) is 56.0 Å². The number of carbonyl (C=O) groups excluding carboxylic acids is 1. The van der Waals surface area contributed by atoms with Crippen LogP contribution in [-0.2, 0) is 12.8 Å². The molecule has 26 heavy (non-hydrogen) atoms. The second-order valence-electron chi connectivity index (χ2n) is 6.31. The lowest BCUT2D eigenvalue weighted by Crippen LogP contribution is -2.15. The van der Waals surface area contributed by atoms with Gasteiger partial charge in [-0.1, -0.05) is 0 Å². The highest BCUT2D eigenvalue weighted by Crippen LogP contribution is 2.28. The van der Waals surface area contributed by atoms with Crippen LogP contribution in [0.25, 0.3) is 5.69 Å².